The van der Waals surface area contributed by atoms with Crippen LogP contribution in [0.2, 0.25) is 10.3 Å². The minimum Gasteiger partial charge on any atom is -0.292 e. The van der Waals surface area contributed by atoms with Crippen LogP contribution in [0.15, 0.2) is 30.5 Å². The van der Waals surface area contributed by atoms with Crippen LogP contribution in [0.1, 0.15) is 34.2 Å². The van der Waals surface area contributed by atoms with Gasteiger partial charge in [-0.25, -0.2) is 18.4 Å². The summed E-state index contributed by atoms with van der Waals surface area (Å²) >= 11 is 15.3. The van der Waals surface area contributed by atoms with Gasteiger partial charge >= 0.3 is 0 Å². The summed E-state index contributed by atoms with van der Waals surface area (Å²) in [5, 5.41) is 0.0405. The second kappa shape index (κ2) is 8.44. The molecule has 0 aliphatic carbocycles. The highest BCUT2D eigenvalue weighted by Gasteiger charge is 2.24. The van der Waals surface area contributed by atoms with Crippen molar-refractivity contribution in [2.45, 2.75) is 18.2 Å². The van der Waals surface area contributed by atoms with Gasteiger partial charge in [0.05, 0.1) is 22.2 Å². The number of alkyl halides is 1. The second-order valence-electron chi connectivity index (χ2n) is 5.07. The molecule has 0 saturated carbocycles. The van der Waals surface area contributed by atoms with Gasteiger partial charge in [-0.1, -0.05) is 40.5 Å². The van der Waals surface area contributed by atoms with Crippen LogP contribution in [-0.4, -0.2) is 29.9 Å². The van der Waals surface area contributed by atoms with E-state index >= 15 is 0 Å². The molecule has 0 fully saturated rings. The molecule has 134 valence electrons. The molecule has 1 atom stereocenters. The molecule has 0 aliphatic heterocycles. The van der Waals surface area contributed by atoms with E-state index in [9.17, 15) is 13.2 Å². The summed E-state index contributed by atoms with van der Waals surface area (Å²) in [6.45, 7) is 1.75. The predicted octanol–water partition coefficient (Wildman–Crippen LogP) is 4.25. The number of aromatic nitrogens is 2. The molecule has 0 spiro atoms. The molecule has 0 saturated heterocycles. The molecule has 25 heavy (non-hydrogen) atoms. The zero-order valence-electron chi connectivity index (χ0n) is 13.0. The van der Waals surface area contributed by atoms with Gasteiger partial charge in [-0.3, -0.25) is 9.52 Å². The number of carbonyl (C=O) groups excluding carboxylic acids is 1. The van der Waals surface area contributed by atoms with E-state index in [1.165, 1.54) is 18.3 Å². The van der Waals surface area contributed by atoms with E-state index < -0.39 is 14.9 Å². The summed E-state index contributed by atoms with van der Waals surface area (Å²) in [4.78, 5) is 19.7. The Labute approximate surface area is 164 Å². The van der Waals surface area contributed by atoms with E-state index in [-0.39, 0.29) is 33.1 Å². The summed E-state index contributed by atoms with van der Waals surface area (Å²) in [6, 6.07) is 6.11. The fourth-order valence-electron chi connectivity index (χ4n) is 2.05. The molecule has 1 aromatic heterocycles. The van der Waals surface area contributed by atoms with Gasteiger partial charge in [-0.05, 0) is 36.2 Å². The van der Waals surface area contributed by atoms with Crippen LogP contribution in [0.5, 0.6) is 0 Å². The maximum absolute atomic E-state index is 12.7. The second-order valence-corrected chi connectivity index (χ2v) is 8.54. The van der Waals surface area contributed by atoms with E-state index in [0.29, 0.717) is 12.1 Å². The summed E-state index contributed by atoms with van der Waals surface area (Å²) in [6.07, 6.45) is 1.90. The lowest BCUT2D eigenvalue weighted by atomic mass is 10.1. The van der Waals surface area contributed by atoms with Crippen LogP contribution in [0.4, 0.5) is 5.69 Å². The van der Waals surface area contributed by atoms with Gasteiger partial charge in [0.25, 0.3) is 0 Å². The third-order valence-corrected chi connectivity index (χ3v) is 6.09. The molecule has 6 nitrogen and oxygen atoms in total. The Morgan fingerprint density at radius 1 is 1.32 bits per heavy atom. The molecular formula is C15H14BrCl2N3O3S. The molecule has 2 aromatic rings. The van der Waals surface area contributed by atoms with Gasteiger partial charge in [0, 0.05) is 11.8 Å². The normalized spacial score (nSPS) is 12.6. The quantitative estimate of drug-likeness (QED) is 0.374. The number of hydrogen-bond acceptors (Lipinski definition) is 5. The highest BCUT2D eigenvalue weighted by molar-refractivity contribution is 9.09. The maximum atomic E-state index is 12.7. The van der Waals surface area contributed by atoms with Crippen molar-refractivity contribution in [1.29, 1.82) is 0 Å². The fraction of sp³-hybridized carbons (Fsp3) is 0.267. The van der Waals surface area contributed by atoms with Crippen molar-refractivity contribution in [3.8, 4) is 0 Å². The lowest BCUT2D eigenvalue weighted by Gasteiger charge is -2.13. The number of benzene rings is 1. The average Bonchev–Trinajstić information content (AvgIpc) is 2.55. The summed E-state index contributed by atoms with van der Waals surface area (Å²) in [5.74, 6) is -0.418. The first kappa shape index (κ1) is 20.1. The number of ketones is 1. The number of rotatable bonds is 7. The van der Waals surface area contributed by atoms with Crippen LogP contribution in [-0.2, 0) is 10.0 Å². The smallest absolute Gasteiger partial charge is 0.232 e. The minimum absolute atomic E-state index is 0.0157. The zero-order chi connectivity index (χ0) is 18.6. The van der Waals surface area contributed by atoms with Crippen LogP contribution in [0, 0.1) is 0 Å². The van der Waals surface area contributed by atoms with Gasteiger partial charge in [0.15, 0.2) is 5.78 Å². The Hall–Kier alpha value is -1.22. The van der Waals surface area contributed by atoms with Crippen LogP contribution in [0.25, 0.3) is 0 Å². The number of Topliss-reactive ketones (excluding diaryl/α,β-unsaturated/α-hetero) is 1. The van der Waals surface area contributed by atoms with Crippen molar-refractivity contribution in [3.63, 3.8) is 0 Å². The first-order valence-electron chi connectivity index (χ1n) is 7.21. The highest BCUT2D eigenvalue weighted by Crippen LogP contribution is 2.33. The topological polar surface area (TPSA) is 89.0 Å². The number of carbonyl (C=O) groups is 1. The lowest BCUT2D eigenvalue weighted by Crippen LogP contribution is -2.17. The summed E-state index contributed by atoms with van der Waals surface area (Å²) in [5.41, 5.74) is 0.689. The number of nitrogens with zero attached hydrogens (tertiary/aromatic N) is 2. The zero-order valence-corrected chi connectivity index (χ0v) is 17.0. The Bertz CT molecular complexity index is 893. The van der Waals surface area contributed by atoms with E-state index in [4.69, 9.17) is 23.2 Å². The molecule has 2 rings (SSSR count). The number of halogens is 3. The highest BCUT2D eigenvalue weighted by atomic mass is 79.9. The Morgan fingerprint density at radius 2 is 2.04 bits per heavy atom. The monoisotopic (exact) mass is 465 g/mol. The molecule has 0 radical (unpaired) electrons. The van der Waals surface area contributed by atoms with E-state index in [0.717, 1.165) is 0 Å². The van der Waals surface area contributed by atoms with Gasteiger partial charge < -0.3 is 0 Å². The SMILES string of the molecule is CCCS(=O)(=O)Nc1cccc(C(=O)C(Br)c2ccnc(Cl)n2)c1Cl. The fourth-order valence-corrected chi connectivity index (χ4v) is 4.17. The Morgan fingerprint density at radius 3 is 2.68 bits per heavy atom. The number of sulfonamides is 1. The molecule has 10 heteroatoms. The molecule has 0 aliphatic rings. The maximum Gasteiger partial charge on any atom is 0.232 e. The minimum atomic E-state index is -3.52. The van der Waals surface area contributed by atoms with Gasteiger partial charge in [-0.15, -0.1) is 0 Å². The summed E-state index contributed by atoms with van der Waals surface area (Å²) in [7, 11) is -3.52. The third kappa shape index (κ3) is 5.13. The van der Waals surface area contributed by atoms with Crippen molar-refractivity contribution >= 4 is 60.6 Å². The third-order valence-electron chi connectivity index (χ3n) is 3.14. The first-order chi connectivity index (χ1) is 11.7. The van der Waals surface area contributed by atoms with Crippen LogP contribution < -0.4 is 4.72 Å². The van der Waals surface area contributed by atoms with Gasteiger partial charge in [0.1, 0.15) is 4.83 Å². The van der Waals surface area contributed by atoms with Gasteiger partial charge in [-0.2, -0.15) is 0 Å². The standard InChI is InChI=1S/C15H14BrCl2N3O3S/c1-2-8-25(23,24)21-11-5-3-4-9(13(11)17)14(22)12(16)10-6-7-19-15(18)20-10/h3-7,12,21H,2,8H2,1H3. The number of hydrogen-bond donors (Lipinski definition) is 1. The molecule has 1 unspecified atom stereocenters. The van der Waals surface area contributed by atoms with Crippen molar-refractivity contribution in [2.75, 3.05) is 10.5 Å². The van der Waals surface area contributed by atoms with E-state index in [1.54, 1.807) is 19.1 Å². The van der Waals surface area contributed by atoms with E-state index in [2.05, 4.69) is 30.6 Å². The van der Waals surface area contributed by atoms with Crippen LogP contribution >= 0.6 is 39.1 Å². The van der Waals surface area contributed by atoms with Gasteiger partial charge in [0.2, 0.25) is 15.3 Å². The van der Waals surface area contributed by atoms with Crippen molar-refractivity contribution < 1.29 is 13.2 Å². The molecule has 1 N–H and O–H groups in total. The average molecular weight is 467 g/mol. The summed E-state index contributed by atoms with van der Waals surface area (Å²) < 4.78 is 26.3. The van der Waals surface area contributed by atoms with Crippen LogP contribution in [0.3, 0.4) is 0 Å². The van der Waals surface area contributed by atoms with E-state index in [1.807, 2.05) is 0 Å². The molecular weight excluding hydrogens is 453 g/mol. The Kier molecular flexibility index (Phi) is 6.79. The van der Waals surface area contributed by atoms with Crippen molar-refractivity contribution in [2.24, 2.45) is 0 Å². The number of nitrogens with one attached hydrogen (secondary N) is 1. The molecule has 1 heterocycles. The first-order valence-corrected chi connectivity index (χ1v) is 10.5. The molecule has 0 amide bonds. The Balaban J connectivity index is 2.33. The molecule has 1 aromatic carbocycles. The predicted molar refractivity (Wildman–Crippen MR) is 102 cm³/mol. The molecule has 0 bridgehead atoms. The van der Waals surface area contributed by atoms with Crippen molar-refractivity contribution in [3.05, 3.63) is 52.0 Å². The van der Waals surface area contributed by atoms with Crippen molar-refractivity contribution in [1.82, 2.24) is 9.97 Å². The largest absolute Gasteiger partial charge is 0.292 e. The number of anilines is 1. The lowest BCUT2D eigenvalue weighted by molar-refractivity contribution is 0.0990.